The van der Waals surface area contributed by atoms with Crippen molar-refractivity contribution in [1.82, 2.24) is 15.3 Å². The number of thiophene rings is 1. The standard InChI is InChI=1S/C18H16N4O3S/c1-12(21-17(24)15-4-2-11-26-15)16(23)22-13-5-7-14(8-6-13)25-18-19-9-3-10-20-18/h2-12H,1H3,(H,21,24)(H,22,23). The number of carbonyl (C=O) groups is 2. The van der Waals surface area contributed by atoms with Gasteiger partial charge < -0.3 is 15.4 Å². The third-order valence-electron chi connectivity index (χ3n) is 3.36. The van der Waals surface area contributed by atoms with Crippen LogP contribution in [-0.4, -0.2) is 27.8 Å². The van der Waals surface area contributed by atoms with Crippen molar-refractivity contribution in [2.24, 2.45) is 0 Å². The zero-order valence-corrected chi connectivity index (χ0v) is 14.7. The van der Waals surface area contributed by atoms with Gasteiger partial charge in [0.05, 0.1) is 4.88 Å². The zero-order chi connectivity index (χ0) is 18.4. The van der Waals surface area contributed by atoms with Crippen LogP contribution < -0.4 is 15.4 Å². The highest BCUT2D eigenvalue weighted by Gasteiger charge is 2.17. The molecule has 0 aliphatic heterocycles. The smallest absolute Gasteiger partial charge is 0.321 e. The number of anilines is 1. The maximum Gasteiger partial charge on any atom is 0.321 e. The summed E-state index contributed by atoms with van der Waals surface area (Å²) in [5, 5.41) is 7.22. The first-order valence-corrected chi connectivity index (χ1v) is 8.70. The largest absolute Gasteiger partial charge is 0.424 e. The molecule has 0 bridgehead atoms. The van der Waals surface area contributed by atoms with Gasteiger partial charge in [0.2, 0.25) is 5.91 Å². The summed E-state index contributed by atoms with van der Waals surface area (Å²) in [7, 11) is 0. The van der Waals surface area contributed by atoms with Gasteiger partial charge >= 0.3 is 6.01 Å². The summed E-state index contributed by atoms with van der Waals surface area (Å²) in [5.74, 6) is -0.0301. The van der Waals surface area contributed by atoms with Crippen LogP contribution in [0.3, 0.4) is 0 Å². The van der Waals surface area contributed by atoms with Crippen LogP contribution in [0.5, 0.6) is 11.8 Å². The Kier molecular flexibility index (Phi) is 5.55. The maximum atomic E-state index is 12.2. The molecule has 8 heteroatoms. The van der Waals surface area contributed by atoms with Crippen LogP contribution in [-0.2, 0) is 4.79 Å². The summed E-state index contributed by atoms with van der Waals surface area (Å²) in [6, 6.07) is 11.6. The van der Waals surface area contributed by atoms with Crippen LogP contribution in [0.2, 0.25) is 0 Å². The van der Waals surface area contributed by atoms with Crippen LogP contribution in [0.25, 0.3) is 0 Å². The van der Waals surface area contributed by atoms with Crippen LogP contribution in [0.15, 0.2) is 60.2 Å². The summed E-state index contributed by atoms with van der Waals surface area (Å²) in [5.41, 5.74) is 0.591. The van der Waals surface area contributed by atoms with E-state index >= 15 is 0 Å². The third kappa shape index (κ3) is 4.64. The van der Waals surface area contributed by atoms with E-state index in [1.807, 2.05) is 5.38 Å². The summed E-state index contributed by atoms with van der Waals surface area (Å²) in [4.78, 5) is 32.7. The highest BCUT2D eigenvalue weighted by molar-refractivity contribution is 7.12. The lowest BCUT2D eigenvalue weighted by Gasteiger charge is -2.14. The topological polar surface area (TPSA) is 93.2 Å². The molecule has 2 amide bonds. The Labute approximate surface area is 154 Å². The zero-order valence-electron chi connectivity index (χ0n) is 13.9. The summed E-state index contributed by atoms with van der Waals surface area (Å²) in [6.45, 7) is 1.63. The van der Waals surface area contributed by atoms with Crippen molar-refractivity contribution in [3.63, 3.8) is 0 Å². The Morgan fingerprint density at radius 3 is 2.46 bits per heavy atom. The lowest BCUT2D eigenvalue weighted by atomic mass is 10.2. The molecule has 0 aliphatic carbocycles. The molecule has 1 aromatic carbocycles. The number of rotatable bonds is 6. The molecule has 132 valence electrons. The van der Waals surface area contributed by atoms with Gasteiger partial charge in [-0.1, -0.05) is 6.07 Å². The van der Waals surface area contributed by atoms with E-state index in [1.165, 1.54) is 11.3 Å². The van der Waals surface area contributed by atoms with Crippen molar-refractivity contribution in [3.8, 4) is 11.8 Å². The molecule has 1 atom stereocenters. The number of ether oxygens (including phenoxy) is 1. The fourth-order valence-corrected chi connectivity index (χ4v) is 2.67. The van der Waals surface area contributed by atoms with Gasteiger partial charge in [0.15, 0.2) is 0 Å². The van der Waals surface area contributed by atoms with Gasteiger partial charge in [0.25, 0.3) is 5.91 Å². The molecule has 0 aliphatic rings. The first-order valence-electron chi connectivity index (χ1n) is 7.82. The van der Waals surface area contributed by atoms with Crippen molar-refractivity contribution >= 4 is 28.8 Å². The molecule has 0 radical (unpaired) electrons. The number of nitrogens with zero attached hydrogens (tertiary/aromatic N) is 2. The number of aromatic nitrogens is 2. The Morgan fingerprint density at radius 1 is 1.08 bits per heavy atom. The average Bonchev–Trinajstić information content (AvgIpc) is 3.19. The van der Waals surface area contributed by atoms with Gasteiger partial charge in [0, 0.05) is 18.1 Å². The van der Waals surface area contributed by atoms with Crippen LogP contribution in [0.1, 0.15) is 16.6 Å². The highest BCUT2D eigenvalue weighted by atomic mass is 32.1. The second kappa shape index (κ2) is 8.21. The van der Waals surface area contributed by atoms with Gasteiger partial charge in [-0.05, 0) is 48.7 Å². The molecule has 0 spiro atoms. The lowest BCUT2D eigenvalue weighted by Crippen LogP contribution is -2.41. The number of amides is 2. The van der Waals surface area contributed by atoms with E-state index in [2.05, 4.69) is 20.6 Å². The molecule has 26 heavy (non-hydrogen) atoms. The van der Waals surface area contributed by atoms with E-state index in [4.69, 9.17) is 4.74 Å². The first-order chi connectivity index (χ1) is 12.6. The lowest BCUT2D eigenvalue weighted by molar-refractivity contribution is -0.117. The fourth-order valence-electron chi connectivity index (χ4n) is 2.04. The SMILES string of the molecule is CC(NC(=O)c1cccs1)C(=O)Nc1ccc(Oc2ncccn2)cc1. The predicted octanol–water partition coefficient (Wildman–Crippen LogP) is 3.09. The molecule has 7 nitrogen and oxygen atoms in total. The van der Waals surface area contributed by atoms with Gasteiger partial charge in [-0.25, -0.2) is 9.97 Å². The van der Waals surface area contributed by atoms with Crippen molar-refractivity contribution in [2.45, 2.75) is 13.0 Å². The predicted molar refractivity (Wildman–Crippen MR) is 98.4 cm³/mol. The molecule has 3 aromatic rings. The Morgan fingerprint density at radius 2 is 1.81 bits per heavy atom. The second-order valence-electron chi connectivity index (χ2n) is 5.32. The maximum absolute atomic E-state index is 12.2. The molecule has 1 unspecified atom stereocenters. The molecule has 2 N–H and O–H groups in total. The van der Waals surface area contributed by atoms with Gasteiger partial charge in [-0.2, -0.15) is 0 Å². The Bertz CT molecular complexity index is 867. The van der Waals surface area contributed by atoms with E-state index in [9.17, 15) is 9.59 Å². The van der Waals surface area contributed by atoms with E-state index in [0.717, 1.165) is 0 Å². The van der Waals surface area contributed by atoms with Crippen molar-refractivity contribution in [3.05, 3.63) is 65.1 Å². The molecule has 3 rings (SSSR count). The molecule has 2 heterocycles. The number of carbonyl (C=O) groups excluding carboxylic acids is 2. The normalized spacial score (nSPS) is 11.4. The minimum absolute atomic E-state index is 0.245. The van der Waals surface area contributed by atoms with Crippen molar-refractivity contribution < 1.29 is 14.3 Å². The number of nitrogens with one attached hydrogen (secondary N) is 2. The third-order valence-corrected chi connectivity index (χ3v) is 4.23. The van der Waals surface area contributed by atoms with E-state index in [-0.39, 0.29) is 17.8 Å². The Hall–Kier alpha value is -3.26. The average molecular weight is 368 g/mol. The second-order valence-corrected chi connectivity index (χ2v) is 6.27. The molecule has 0 fully saturated rings. The van der Waals surface area contributed by atoms with Gasteiger partial charge in [-0.3, -0.25) is 9.59 Å². The molecule has 0 saturated heterocycles. The summed E-state index contributed by atoms with van der Waals surface area (Å²) in [6.07, 6.45) is 3.17. The van der Waals surface area contributed by atoms with E-state index in [0.29, 0.717) is 16.3 Å². The van der Waals surface area contributed by atoms with Crippen LogP contribution in [0, 0.1) is 0 Å². The molecular weight excluding hydrogens is 352 g/mol. The number of benzene rings is 1. The van der Waals surface area contributed by atoms with E-state index < -0.39 is 6.04 Å². The van der Waals surface area contributed by atoms with Crippen molar-refractivity contribution in [2.75, 3.05) is 5.32 Å². The minimum atomic E-state index is -0.668. The highest BCUT2D eigenvalue weighted by Crippen LogP contribution is 2.20. The van der Waals surface area contributed by atoms with Crippen LogP contribution >= 0.6 is 11.3 Å². The van der Waals surface area contributed by atoms with Crippen molar-refractivity contribution in [1.29, 1.82) is 0 Å². The molecule has 0 saturated carbocycles. The molecular formula is C18H16N4O3S. The first kappa shape index (κ1) is 17.6. The monoisotopic (exact) mass is 368 g/mol. The Balaban J connectivity index is 1.54. The van der Waals surface area contributed by atoms with Crippen LogP contribution in [0.4, 0.5) is 5.69 Å². The number of hydrogen-bond acceptors (Lipinski definition) is 6. The summed E-state index contributed by atoms with van der Waals surface area (Å²) >= 11 is 1.32. The van der Waals surface area contributed by atoms with Gasteiger partial charge in [-0.15, -0.1) is 11.3 Å². The fraction of sp³-hybridized carbons (Fsp3) is 0.111. The molecule has 2 aromatic heterocycles. The number of hydrogen-bond donors (Lipinski definition) is 2. The van der Waals surface area contributed by atoms with E-state index in [1.54, 1.807) is 61.8 Å². The summed E-state index contributed by atoms with van der Waals surface area (Å²) < 4.78 is 5.49. The quantitative estimate of drug-likeness (QED) is 0.697. The van der Waals surface area contributed by atoms with Gasteiger partial charge in [0.1, 0.15) is 11.8 Å². The minimum Gasteiger partial charge on any atom is -0.424 e.